The number of hydrogen-bond donors (Lipinski definition) is 1. The number of hydrogen-bond acceptors (Lipinski definition) is 1. The Morgan fingerprint density at radius 2 is 1.86 bits per heavy atom. The molecule has 0 aromatic heterocycles. The molecule has 0 atom stereocenters. The van der Waals surface area contributed by atoms with Crippen molar-refractivity contribution in [3.05, 3.63) is 29.3 Å². The fraction of sp³-hybridized carbons (Fsp3) is 0.333. The molecule has 0 aliphatic rings. The fourth-order valence-corrected chi connectivity index (χ4v) is 1.51. The Hall–Kier alpha value is -1.20. The van der Waals surface area contributed by atoms with Crippen LogP contribution in [-0.4, -0.2) is 13.2 Å². The lowest BCUT2D eigenvalue weighted by atomic mass is 10.1. The molecule has 0 heterocycles. The van der Waals surface area contributed by atoms with E-state index in [4.69, 9.17) is 0 Å². The molecule has 14 heavy (non-hydrogen) atoms. The van der Waals surface area contributed by atoms with Crippen LogP contribution in [0.25, 0.3) is 0 Å². The highest BCUT2D eigenvalue weighted by Gasteiger charge is 2.08. The molecule has 2 heteroatoms. The zero-order chi connectivity index (χ0) is 10.8. The average molecular weight is 204 g/mol. The molecule has 0 fully saturated rings. The van der Waals surface area contributed by atoms with Gasteiger partial charge < -0.3 is 5.11 Å². The highest BCUT2D eigenvalue weighted by molar-refractivity contribution is 6.83. The third-order valence-corrected chi connectivity index (χ3v) is 2.60. The average Bonchev–Trinajstić information content (AvgIpc) is 2.05. The van der Waals surface area contributed by atoms with Crippen LogP contribution in [0.5, 0.6) is 5.75 Å². The number of phenolic OH excluding ortho intramolecular Hbond substituents is 1. The number of phenols is 1. The number of aromatic hydroxyl groups is 1. The largest absolute Gasteiger partial charge is 0.507 e. The van der Waals surface area contributed by atoms with Gasteiger partial charge in [0.2, 0.25) is 0 Å². The summed E-state index contributed by atoms with van der Waals surface area (Å²) in [5.74, 6) is 3.33. The molecule has 1 rings (SSSR count). The van der Waals surface area contributed by atoms with Crippen LogP contribution in [0.1, 0.15) is 11.1 Å². The van der Waals surface area contributed by atoms with Gasteiger partial charge in [0.15, 0.2) is 0 Å². The summed E-state index contributed by atoms with van der Waals surface area (Å²) in [5, 5.41) is 9.54. The Bertz CT molecular complexity index is 391. The SMILES string of the molecule is Cc1ccc(O)c(C#C[Si](C)(C)C)c1. The van der Waals surface area contributed by atoms with Gasteiger partial charge in [-0.05, 0) is 24.6 Å². The van der Waals surface area contributed by atoms with Crippen molar-refractivity contribution in [3.63, 3.8) is 0 Å². The number of aryl methyl sites for hydroxylation is 1. The smallest absolute Gasteiger partial charge is 0.131 e. The van der Waals surface area contributed by atoms with Crippen molar-refractivity contribution in [2.24, 2.45) is 0 Å². The van der Waals surface area contributed by atoms with Crippen LogP contribution in [-0.2, 0) is 0 Å². The van der Waals surface area contributed by atoms with Crippen LogP contribution in [0.4, 0.5) is 0 Å². The van der Waals surface area contributed by atoms with Gasteiger partial charge in [0.05, 0.1) is 5.56 Å². The third-order valence-electron chi connectivity index (χ3n) is 1.72. The first-order valence-corrected chi connectivity index (χ1v) is 8.21. The van der Waals surface area contributed by atoms with E-state index >= 15 is 0 Å². The minimum Gasteiger partial charge on any atom is -0.507 e. The van der Waals surface area contributed by atoms with Crippen LogP contribution in [0.2, 0.25) is 19.6 Å². The van der Waals surface area contributed by atoms with E-state index in [0.29, 0.717) is 0 Å². The fourth-order valence-electron chi connectivity index (χ4n) is 1.00. The van der Waals surface area contributed by atoms with Crippen molar-refractivity contribution < 1.29 is 5.11 Å². The molecule has 0 saturated carbocycles. The Morgan fingerprint density at radius 1 is 1.21 bits per heavy atom. The van der Waals surface area contributed by atoms with E-state index in [1.54, 1.807) is 6.07 Å². The van der Waals surface area contributed by atoms with Crippen molar-refractivity contribution in [3.8, 4) is 17.2 Å². The topological polar surface area (TPSA) is 20.2 Å². The second-order valence-electron chi connectivity index (χ2n) is 4.52. The molecule has 0 spiro atoms. The predicted octanol–water partition coefficient (Wildman–Crippen LogP) is 2.93. The van der Waals surface area contributed by atoms with E-state index in [0.717, 1.165) is 11.1 Å². The summed E-state index contributed by atoms with van der Waals surface area (Å²) >= 11 is 0. The van der Waals surface area contributed by atoms with E-state index in [2.05, 4.69) is 31.1 Å². The maximum Gasteiger partial charge on any atom is 0.131 e. The summed E-state index contributed by atoms with van der Waals surface area (Å²) in [6, 6.07) is 5.50. The van der Waals surface area contributed by atoms with Gasteiger partial charge in [-0.15, -0.1) is 5.54 Å². The Kier molecular flexibility index (Phi) is 3.02. The molecule has 0 bridgehead atoms. The van der Waals surface area contributed by atoms with Crippen LogP contribution in [0, 0.1) is 18.4 Å². The van der Waals surface area contributed by atoms with Gasteiger partial charge in [0.1, 0.15) is 13.8 Å². The van der Waals surface area contributed by atoms with Crippen molar-refractivity contribution in [2.45, 2.75) is 26.6 Å². The molecular formula is C12H16OSi. The van der Waals surface area contributed by atoms with Crippen LogP contribution >= 0.6 is 0 Å². The maximum absolute atomic E-state index is 9.54. The predicted molar refractivity (Wildman–Crippen MR) is 63.1 cm³/mol. The highest BCUT2D eigenvalue weighted by Crippen LogP contribution is 2.16. The standard InChI is InChI=1S/C12H16OSi/c1-10-5-6-12(13)11(9-10)7-8-14(2,3)4/h5-6,9,13H,1-4H3. The van der Waals surface area contributed by atoms with Gasteiger partial charge in [0.25, 0.3) is 0 Å². The molecule has 0 amide bonds. The van der Waals surface area contributed by atoms with Gasteiger partial charge in [-0.25, -0.2) is 0 Å². The monoisotopic (exact) mass is 204 g/mol. The highest BCUT2D eigenvalue weighted by atomic mass is 28.3. The first kappa shape index (κ1) is 10.9. The van der Waals surface area contributed by atoms with E-state index in [-0.39, 0.29) is 5.75 Å². The Labute approximate surface area is 86.8 Å². The summed E-state index contributed by atoms with van der Waals surface area (Å²) in [7, 11) is -1.35. The maximum atomic E-state index is 9.54. The molecule has 0 saturated heterocycles. The Morgan fingerprint density at radius 3 is 2.43 bits per heavy atom. The summed E-state index contributed by atoms with van der Waals surface area (Å²) in [5.41, 5.74) is 5.11. The van der Waals surface area contributed by atoms with Crippen molar-refractivity contribution in [2.75, 3.05) is 0 Å². The van der Waals surface area contributed by atoms with E-state index in [1.165, 1.54) is 0 Å². The number of benzene rings is 1. The molecule has 0 radical (unpaired) electrons. The van der Waals surface area contributed by atoms with Gasteiger partial charge in [-0.1, -0.05) is 31.6 Å². The summed E-state index contributed by atoms with van der Waals surface area (Å²) < 4.78 is 0. The number of rotatable bonds is 0. The third kappa shape index (κ3) is 3.27. The minimum absolute atomic E-state index is 0.279. The van der Waals surface area contributed by atoms with Crippen LogP contribution in [0.3, 0.4) is 0 Å². The Balaban J connectivity index is 3.06. The molecule has 1 aromatic carbocycles. The summed E-state index contributed by atoms with van der Waals surface area (Å²) in [4.78, 5) is 0. The first-order valence-electron chi connectivity index (χ1n) is 4.71. The summed E-state index contributed by atoms with van der Waals surface area (Å²) in [6.07, 6.45) is 0. The minimum atomic E-state index is -1.35. The van der Waals surface area contributed by atoms with Crippen molar-refractivity contribution in [1.82, 2.24) is 0 Å². The van der Waals surface area contributed by atoms with Gasteiger partial charge in [-0.2, -0.15) is 0 Å². The molecule has 74 valence electrons. The second kappa shape index (κ2) is 3.89. The van der Waals surface area contributed by atoms with Crippen molar-refractivity contribution in [1.29, 1.82) is 0 Å². The first-order chi connectivity index (χ1) is 6.38. The zero-order valence-corrected chi connectivity index (χ0v) is 10.2. The van der Waals surface area contributed by atoms with Crippen LogP contribution in [0.15, 0.2) is 18.2 Å². The second-order valence-corrected chi connectivity index (χ2v) is 9.27. The lowest BCUT2D eigenvalue weighted by Crippen LogP contribution is -2.16. The quantitative estimate of drug-likeness (QED) is 0.509. The molecule has 0 aliphatic heterocycles. The van der Waals surface area contributed by atoms with E-state index in [1.807, 2.05) is 19.1 Å². The van der Waals surface area contributed by atoms with E-state index in [9.17, 15) is 5.11 Å². The normalized spacial score (nSPS) is 10.6. The lowest BCUT2D eigenvalue weighted by Gasteiger charge is -2.04. The summed E-state index contributed by atoms with van der Waals surface area (Å²) in [6.45, 7) is 8.56. The molecule has 1 N–H and O–H groups in total. The van der Waals surface area contributed by atoms with Crippen molar-refractivity contribution >= 4 is 8.07 Å². The van der Waals surface area contributed by atoms with Gasteiger partial charge in [-0.3, -0.25) is 0 Å². The van der Waals surface area contributed by atoms with E-state index < -0.39 is 8.07 Å². The zero-order valence-electron chi connectivity index (χ0n) is 9.18. The molecular weight excluding hydrogens is 188 g/mol. The molecule has 0 aliphatic carbocycles. The van der Waals surface area contributed by atoms with Gasteiger partial charge >= 0.3 is 0 Å². The molecule has 1 nitrogen and oxygen atoms in total. The molecule has 0 unspecified atom stereocenters. The molecule has 1 aromatic rings. The van der Waals surface area contributed by atoms with Crippen LogP contribution < -0.4 is 0 Å². The van der Waals surface area contributed by atoms with Gasteiger partial charge in [0, 0.05) is 0 Å². The lowest BCUT2D eigenvalue weighted by molar-refractivity contribution is 0.473.